The summed E-state index contributed by atoms with van der Waals surface area (Å²) in [5.74, 6) is 0.401. The molecule has 0 spiro atoms. The number of hydrogen-bond donors (Lipinski definition) is 1. The fraction of sp³-hybridized carbons (Fsp3) is 0.364. The van der Waals surface area contributed by atoms with E-state index in [-0.39, 0.29) is 0 Å². The molecule has 0 radical (unpaired) electrons. The number of nitrogens with zero attached hydrogens (tertiary/aromatic N) is 3. The first-order valence-corrected chi connectivity index (χ1v) is 4.85. The largest absolute Gasteiger partial charge is 0.276 e. The smallest absolute Gasteiger partial charge is 0.182 e. The van der Waals surface area contributed by atoms with Crippen molar-refractivity contribution in [1.82, 2.24) is 4.98 Å². The molecule has 74 valence electrons. The third-order valence-corrected chi connectivity index (χ3v) is 2.76. The quantitative estimate of drug-likeness (QED) is 0.550. The molecule has 1 aromatic heterocycles. The van der Waals surface area contributed by atoms with Crippen molar-refractivity contribution in [2.45, 2.75) is 26.2 Å². The van der Waals surface area contributed by atoms with Gasteiger partial charge >= 0.3 is 0 Å². The molecule has 0 unspecified atom stereocenters. The van der Waals surface area contributed by atoms with E-state index in [4.69, 9.17) is 10.5 Å². The highest BCUT2D eigenvalue weighted by molar-refractivity contribution is 5.61. The van der Waals surface area contributed by atoms with E-state index < -0.39 is 0 Å². The number of rotatable bonds is 1. The van der Waals surface area contributed by atoms with Crippen molar-refractivity contribution in [2.24, 2.45) is 0 Å². The van der Waals surface area contributed by atoms with Crippen LogP contribution >= 0.6 is 0 Å². The predicted molar refractivity (Wildman–Crippen MR) is 54.9 cm³/mol. The highest BCUT2D eigenvalue weighted by Crippen LogP contribution is 2.30. The number of aryl methyl sites for hydroxylation is 1. The highest BCUT2D eigenvalue weighted by Gasteiger charge is 2.21. The van der Waals surface area contributed by atoms with E-state index in [1.54, 1.807) is 0 Å². The normalized spacial score (nSPS) is 12.7. The number of hydrogen-bond acceptors (Lipinski definition) is 4. The van der Waals surface area contributed by atoms with Crippen molar-refractivity contribution in [3.05, 3.63) is 22.4 Å². The molecule has 0 saturated carbocycles. The van der Waals surface area contributed by atoms with Gasteiger partial charge in [-0.1, -0.05) is 0 Å². The van der Waals surface area contributed by atoms with E-state index in [0.29, 0.717) is 11.4 Å². The Labute approximate surface area is 88.2 Å². The number of nitriles is 2. The minimum atomic E-state index is 0.401. The maximum Gasteiger partial charge on any atom is 0.182 e. The fourth-order valence-electron chi connectivity index (χ4n) is 2.12. The van der Waals surface area contributed by atoms with Crippen LogP contribution < -0.4 is 5.32 Å². The second kappa shape index (κ2) is 3.59. The minimum Gasteiger partial charge on any atom is -0.276 e. The first-order chi connectivity index (χ1) is 7.27. The van der Waals surface area contributed by atoms with Gasteiger partial charge in [0.2, 0.25) is 0 Å². The van der Waals surface area contributed by atoms with Gasteiger partial charge in [0.15, 0.2) is 12.0 Å². The SMILES string of the molecule is Cc1nc(NC#N)c(C#N)c2c1CCC2. The molecule has 4 nitrogen and oxygen atoms in total. The summed E-state index contributed by atoms with van der Waals surface area (Å²) in [6.45, 7) is 1.92. The Balaban J connectivity index is 2.65. The molecule has 1 aromatic rings. The number of fused-ring (bicyclic) bond motifs is 1. The van der Waals surface area contributed by atoms with Crippen molar-refractivity contribution in [3.63, 3.8) is 0 Å². The molecule has 0 aromatic carbocycles. The maximum atomic E-state index is 9.06. The van der Waals surface area contributed by atoms with Crippen LogP contribution in [0.1, 0.15) is 28.8 Å². The summed E-state index contributed by atoms with van der Waals surface area (Å²) >= 11 is 0. The van der Waals surface area contributed by atoms with Crippen LogP contribution in [0.3, 0.4) is 0 Å². The van der Waals surface area contributed by atoms with Crippen LogP contribution in [-0.4, -0.2) is 4.98 Å². The Morgan fingerprint density at radius 2 is 2.00 bits per heavy atom. The van der Waals surface area contributed by atoms with Gasteiger partial charge in [0, 0.05) is 5.69 Å². The number of anilines is 1. The average Bonchev–Trinajstić information content (AvgIpc) is 2.68. The summed E-state index contributed by atoms with van der Waals surface area (Å²) < 4.78 is 0. The van der Waals surface area contributed by atoms with E-state index >= 15 is 0 Å². The van der Waals surface area contributed by atoms with Crippen LogP contribution in [-0.2, 0) is 12.8 Å². The van der Waals surface area contributed by atoms with Crippen molar-refractivity contribution in [2.75, 3.05) is 5.32 Å². The second-order valence-corrected chi connectivity index (χ2v) is 3.58. The molecule has 1 N–H and O–H groups in total. The van der Waals surface area contributed by atoms with Crippen LogP contribution in [0, 0.1) is 29.7 Å². The minimum absolute atomic E-state index is 0.401. The molecule has 1 aliphatic carbocycles. The Hall–Kier alpha value is -2.07. The zero-order valence-electron chi connectivity index (χ0n) is 8.46. The summed E-state index contributed by atoms with van der Waals surface area (Å²) in [6.07, 6.45) is 4.80. The van der Waals surface area contributed by atoms with Gasteiger partial charge in [0.05, 0.1) is 5.56 Å². The summed E-state index contributed by atoms with van der Waals surface area (Å²) in [6, 6.07) is 2.13. The molecule has 0 saturated heterocycles. The molecule has 4 heteroatoms. The Morgan fingerprint density at radius 3 is 2.67 bits per heavy atom. The predicted octanol–water partition coefficient (Wildman–Crippen LogP) is 1.64. The molecule has 0 atom stereocenters. The molecule has 0 aliphatic heterocycles. The summed E-state index contributed by atoms with van der Waals surface area (Å²) in [7, 11) is 0. The number of nitrogens with one attached hydrogen (secondary N) is 1. The van der Waals surface area contributed by atoms with Crippen LogP contribution in [0.5, 0.6) is 0 Å². The van der Waals surface area contributed by atoms with Crippen LogP contribution in [0.4, 0.5) is 5.82 Å². The van der Waals surface area contributed by atoms with E-state index in [2.05, 4.69) is 16.4 Å². The molecular formula is C11H10N4. The van der Waals surface area contributed by atoms with Gasteiger partial charge in [-0.05, 0) is 37.3 Å². The molecule has 0 amide bonds. The van der Waals surface area contributed by atoms with Gasteiger partial charge < -0.3 is 0 Å². The van der Waals surface area contributed by atoms with Crippen molar-refractivity contribution < 1.29 is 0 Å². The Morgan fingerprint density at radius 1 is 1.27 bits per heavy atom. The zero-order chi connectivity index (χ0) is 10.8. The zero-order valence-corrected chi connectivity index (χ0v) is 8.46. The second-order valence-electron chi connectivity index (χ2n) is 3.58. The van der Waals surface area contributed by atoms with Crippen molar-refractivity contribution >= 4 is 5.82 Å². The molecule has 0 bridgehead atoms. The standard InChI is InChI=1S/C11H10N4/c1-7-8-3-2-4-9(8)10(5-12)11(15-7)14-6-13/h2-4H2,1H3,(H,14,15). The van der Waals surface area contributed by atoms with E-state index in [0.717, 1.165) is 30.5 Å². The molecule has 0 fully saturated rings. The summed E-state index contributed by atoms with van der Waals surface area (Å²) in [5, 5.41) is 20.1. The lowest BCUT2D eigenvalue weighted by atomic mass is 10.0. The van der Waals surface area contributed by atoms with Crippen molar-refractivity contribution in [1.29, 1.82) is 10.5 Å². The van der Waals surface area contributed by atoms with E-state index in [1.165, 1.54) is 5.56 Å². The molecule has 1 aliphatic rings. The molecule has 2 rings (SSSR count). The first kappa shape index (κ1) is 9.48. The Bertz CT molecular complexity index is 491. The van der Waals surface area contributed by atoms with Crippen LogP contribution in [0.25, 0.3) is 0 Å². The maximum absolute atomic E-state index is 9.06. The molecule has 1 heterocycles. The van der Waals surface area contributed by atoms with Gasteiger partial charge in [-0.2, -0.15) is 10.5 Å². The summed E-state index contributed by atoms with van der Waals surface area (Å²) in [5.41, 5.74) is 3.73. The van der Waals surface area contributed by atoms with Crippen LogP contribution in [0.15, 0.2) is 0 Å². The van der Waals surface area contributed by atoms with Crippen LogP contribution in [0.2, 0.25) is 0 Å². The third kappa shape index (κ3) is 1.41. The van der Waals surface area contributed by atoms with E-state index in [9.17, 15) is 0 Å². The van der Waals surface area contributed by atoms with Gasteiger partial charge in [-0.25, -0.2) is 4.98 Å². The van der Waals surface area contributed by atoms with Gasteiger partial charge in [0.1, 0.15) is 6.07 Å². The van der Waals surface area contributed by atoms with Gasteiger partial charge in [-0.15, -0.1) is 0 Å². The topological polar surface area (TPSA) is 72.5 Å². The highest BCUT2D eigenvalue weighted by atomic mass is 15.0. The molecule has 15 heavy (non-hydrogen) atoms. The number of aromatic nitrogens is 1. The summed E-state index contributed by atoms with van der Waals surface area (Å²) in [4.78, 5) is 4.25. The van der Waals surface area contributed by atoms with E-state index in [1.807, 2.05) is 13.1 Å². The van der Waals surface area contributed by atoms with Gasteiger partial charge in [-0.3, -0.25) is 5.32 Å². The fourth-order valence-corrected chi connectivity index (χ4v) is 2.12. The lowest BCUT2D eigenvalue weighted by molar-refractivity contribution is 0.906. The lowest BCUT2D eigenvalue weighted by Gasteiger charge is -2.08. The lowest BCUT2D eigenvalue weighted by Crippen LogP contribution is -2.03. The Kier molecular flexibility index (Phi) is 2.27. The molecular weight excluding hydrogens is 188 g/mol. The van der Waals surface area contributed by atoms with Crippen molar-refractivity contribution in [3.8, 4) is 12.3 Å². The number of pyridine rings is 1. The monoisotopic (exact) mass is 198 g/mol. The first-order valence-electron chi connectivity index (χ1n) is 4.85. The third-order valence-electron chi connectivity index (χ3n) is 2.76. The average molecular weight is 198 g/mol. The van der Waals surface area contributed by atoms with Gasteiger partial charge in [0.25, 0.3) is 0 Å².